The molecule has 0 heterocycles. The van der Waals surface area contributed by atoms with Gasteiger partial charge >= 0.3 is 0 Å². The molecule has 62 valence electrons. The van der Waals surface area contributed by atoms with E-state index >= 15 is 0 Å². The summed E-state index contributed by atoms with van der Waals surface area (Å²) in [5.74, 6) is 0. The van der Waals surface area contributed by atoms with Gasteiger partial charge in [0.05, 0.1) is 6.67 Å². The minimum absolute atomic E-state index is 0.133. The normalized spacial score (nSPS) is 12.0. The van der Waals surface area contributed by atoms with Gasteiger partial charge in [-0.15, -0.1) is 0 Å². The predicted octanol–water partition coefficient (Wildman–Crippen LogP) is 3.46. The Morgan fingerprint density at radius 2 is 1.60 bits per heavy atom. The summed E-state index contributed by atoms with van der Waals surface area (Å²) in [5, 5.41) is 0. The van der Waals surface area contributed by atoms with Crippen LogP contribution in [0.5, 0.6) is 0 Å². The van der Waals surface area contributed by atoms with E-state index in [2.05, 4.69) is 19.6 Å². The highest BCUT2D eigenvalue weighted by molar-refractivity contribution is 6.76. The molecule has 0 radical (unpaired) electrons. The van der Waals surface area contributed by atoms with Crippen LogP contribution >= 0.6 is 0 Å². The summed E-state index contributed by atoms with van der Waals surface area (Å²) >= 11 is 0. The van der Waals surface area contributed by atoms with E-state index in [1.165, 1.54) is 12.5 Å². The number of rotatable bonds is 5. The van der Waals surface area contributed by atoms with Gasteiger partial charge in [-0.05, 0) is 6.42 Å². The zero-order valence-corrected chi connectivity index (χ0v) is 8.41. The molecule has 10 heavy (non-hydrogen) atoms. The number of hydrogen-bond acceptors (Lipinski definition) is 0. The molecule has 0 unspecified atom stereocenters. The Hall–Kier alpha value is 0.147. The molecule has 0 aliphatic heterocycles. The van der Waals surface area contributed by atoms with E-state index in [1.807, 2.05) is 0 Å². The van der Waals surface area contributed by atoms with Crippen LogP contribution in [0.3, 0.4) is 0 Å². The summed E-state index contributed by atoms with van der Waals surface area (Å²) in [6, 6.07) is 1.35. The van der Waals surface area contributed by atoms with Crippen LogP contribution in [-0.2, 0) is 0 Å². The van der Waals surface area contributed by atoms with Crippen LogP contribution in [0.4, 0.5) is 4.39 Å². The van der Waals surface area contributed by atoms with Gasteiger partial charge in [-0.3, -0.25) is 4.39 Å². The molecule has 0 saturated carbocycles. The molecule has 2 heteroatoms. The lowest BCUT2D eigenvalue weighted by atomic mass is 10.3. The maximum Gasteiger partial charge on any atom is 0.0894 e. The van der Waals surface area contributed by atoms with Crippen LogP contribution < -0.4 is 0 Å². The average molecular weight is 162 g/mol. The van der Waals surface area contributed by atoms with Crippen molar-refractivity contribution in [3.63, 3.8) is 0 Å². The third-order valence-electron chi connectivity index (χ3n) is 1.56. The van der Waals surface area contributed by atoms with Gasteiger partial charge in [0.15, 0.2) is 0 Å². The Morgan fingerprint density at radius 1 is 1.00 bits per heavy atom. The lowest BCUT2D eigenvalue weighted by Crippen LogP contribution is -2.18. The molecule has 0 N–H and O–H groups in total. The van der Waals surface area contributed by atoms with E-state index < -0.39 is 8.07 Å². The molecule has 0 rings (SSSR count). The first kappa shape index (κ1) is 10.1. The predicted molar refractivity (Wildman–Crippen MR) is 48.0 cm³/mol. The van der Waals surface area contributed by atoms with Crippen molar-refractivity contribution in [3.8, 4) is 0 Å². The van der Waals surface area contributed by atoms with Crippen molar-refractivity contribution < 1.29 is 4.39 Å². The van der Waals surface area contributed by atoms with Crippen LogP contribution in [0.2, 0.25) is 25.7 Å². The first-order valence-corrected chi connectivity index (χ1v) is 7.83. The van der Waals surface area contributed by atoms with Crippen molar-refractivity contribution in [2.75, 3.05) is 6.67 Å². The summed E-state index contributed by atoms with van der Waals surface area (Å²) in [4.78, 5) is 0. The SMILES string of the molecule is C[Si](C)(C)CCCCCF. The maximum absolute atomic E-state index is 11.6. The Labute approximate surface area is 64.8 Å². The second-order valence-electron chi connectivity index (χ2n) is 4.06. The van der Waals surface area contributed by atoms with Crippen LogP contribution in [0.15, 0.2) is 0 Å². The molecule has 0 nitrogen and oxygen atoms in total. The van der Waals surface area contributed by atoms with Crippen molar-refractivity contribution in [1.29, 1.82) is 0 Å². The number of halogens is 1. The van der Waals surface area contributed by atoms with Gasteiger partial charge in [0.25, 0.3) is 0 Å². The number of alkyl halides is 1. The first-order valence-electron chi connectivity index (χ1n) is 4.12. The molecule has 0 amide bonds. The second-order valence-corrected chi connectivity index (χ2v) is 9.68. The quantitative estimate of drug-likeness (QED) is 0.429. The first-order chi connectivity index (χ1) is 4.56. The summed E-state index contributed by atoms with van der Waals surface area (Å²) in [7, 11) is -0.830. The maximum atomic E-state index is 11.6. The molecule has 0 fully saturated rings. The van der Waals surface area contributed by atoms with E-state index in [-0.39, 0.29) is 6.67 Å². The highest BCUT2D eigenvalue weighted by Gasteiger charge is 2.10. The van der Waals surface area contributed by atoms with Gasteiger partial charge < -0.3 is 0 Å². The third-order valence-corrected chi connectivity index (χ3v) is 3.41. The van der Waals surface area contributed by atoms with Crippen molar-refractivity contribution in [3.05, 3.63) is 0 Å². The zero-order chi connectivity index (χ0) is 8.04. The topological polar surface area (TPSA) is 0 Å². The molecule has 0 spiro atoms. The van der Waals surface area contributed by atoms with Gasteiger partial charge in [0.1, 0.15) is 0 Å². The monoisotopic (exact) mass is 162 g/mol. The molecule has 0 aromatic rings. The molecular weight excluding hydrogens is 143 g/mol. The molecule has 0 bridgehead atoms. The molecule has 0 aromatic heterocycles. The Morgan fingerprint density at radius 3 is 2.00 bits per heavy atom. The molecule has 0 aliphatic rings. The lowest BCUT2D eigenvalue weighted by Gasteiger charge is -2.14. The highest BCUT2D eigenvalue weighted by Crippen LogP contribution is 2.13. The van der Waals surface area contributed by atoms with Gasteiger partial charge in [0.2, 0.25) is 0 Å². The molecular formula is C8H19FSi. The lowest BCUT2D eigenvalue weighted by molar-refractivity contribution is 0.459. The van der Waals surface area contributed by atoms with E-state index in [1.54, 1.807) is 0 Å². The average Bonchev–Trinajstić information content (AvgIpc) is 1.78. The van der Waals surface area contributed by atoms with Crippen molar-refractivity contribution >= 4 is 8.07 Å². The Balaban J connectivity index is 3.04. The van der Waals surface area contributed by atoms with Crippen molar-refractivity contribution in [2.24, 2.45) is 0 Å². The summed E-state index contributed by atoms with van der Waals surface area (Å²) < 4.78 is 11.6. The zero-order valence-electron chi connectivity index (χ0n) is 7.41. The van der Waals surface area contributed by atoms with Crippen molar-refractivity contribution in [2.45, 2.75) is 44.9 Å². The van der Waals surface area contributed by atoms with Crippen LogP contribution in [0, 0.1) is 0 Å². The Bertz CT molecular complexity index is 75.8. The fourth-order valence-electron chi connectivity index (χ4n) is 0.927. The van der Waals surface area contributed by atoms with E-state index in [9.17, 15) is 4.39 Å². The largest absolute Gasteiger partial charge is 0.251 e. The van der Waals surface area contributed by atoms with Gasteiger partial charge in [-0.25, -0.2) is 0 Å². The smallest absolute Gasteiger partial charge is 0.0894 e. The molecule has 0 atom stereocenters. The van der Waals surface area contributed by atoms with E-state index in [4.69, 9.17) is 0 Å². The molecule has 0 saturated heterocycles. The highest BCUT2D eigenvalue weighted by atomic mass is 28.3. The Kier molecular flexibility index (Phi) is 4.96. The van der Waals surface area contributed by atoms with Crippen LogP contribution in [-0.4, -0.2) is 14.7 Å². The van der Waals surface area contributed by atoms with Crippen molar-refractivity contribution in [1.82, 2.24) is 0 Å². The van der Waals surface area contributed by atoms with Crippen LogP contribution in [0.25, 0.3) is 0 Å². The van der Waals surface area contributed by atoms with Gasteiger partial charge in [-0.2, -0.15) is 0 Å². The van der Waals surface area contributed by atoms with E-state index in [0.29, 0.717) is 0 Å². The minimum Gasteiger partial charge on any atom is -0.251 e. The number of unbranched alkanes of at least 4 members (excludes halogenated alkanes) is 2. The summed E-state index contributed by atoms with van der Waals surface area (Å²) in [5.41, 5.74) is 0. The van der Waals surface area contributed by atoms with Gasteiger partial charge in [-0.1, -0.05) is 38.5 Å². The second kappa shape index (κ2) is 4.89. The summed E-state index contributed by atoms with van der Waals surface area (Å²) in [6.07, 6.45) is 3.09. The fraction of sp³-hybridized carbons (Fsp3) is 1.00. The van der Waals surface area contributed by atoms with Crippen LogP contribution in [0.1, 0.15) is 19.3 Å². The molecule has 0 aromatic carbocycles. The van der Waals surface area contributed by atoms with E-state index in [0.717, 1.165) is 12.8 Å². The fourth-order valence-corrected chi connectivity index (χ4v) is 2.24. The standard InChI is InChI=1S/C8H19FSi/c1-10(2,3)8-6-4-5-7-9/h4-8H2,1-3H3. The summed E-state index contributed by atoms with van der Waals surface area (Å²) in [6.45, 7) is 6.96. The number of hydrogen-bond donors (Lipinski definition) is 0. The minimum atomic E-state index is -0.830. The van der Waals surface area contributed by atoms with Gasteiger partial charge in [0, 0.05) is 8.07 Å². The molecule has 0 aliphatic carbocycles. The third kappa shape index (κ3) is 8.15.